The number of carbonyl (C=O) groups is 1. The van der Waals surface area contributed by atoms with E-state index < -0.39 is 5.91 Å². The van der Waals surface area contributed by atoms with Crippen LogP contribution in [0.3, 0.4) is 0 Å². The van der Waals surface area contributed by atoms with Gasteiger partial charge in [-0.25, -0.2) is 0 Å². The van der Waals surface area contributed by atoms with E-state index in [0.717, 1.165) is 5.56 Å². The maximum atomic E-state index is 12.7. The van der Waals surface area contributed by atoms with E-state index in [1.807, 2.05) is 43.3 Å². The molecule has 0 heterocycles. The number of ether oxygens (including phenoxy) is 3. The summed E-state index contributed by atoms with van der Waals surface area (Å²) in [7, 11) is 1.54. The van der Waals surface area contributed by atoms with Crippen molar-refractivity contribution in [2.45, 2.75) is 13.5 Å². The Morgan fingerprint density at radius 1 is 1.09 bits per heavy atom. The Labute approximate surface area is 201 Å². The van der Waals surface area contributed by atoms with Gasteiger partial charge in [-0.3, -0.25) is 4.79 Å². The number of carbonyl (C=O) groups excluding carboxylic acids is 1. The number of nitriles is 1. The van der Waals surface area contributed by atoms with E-state index in [0.29, 0.717) is 46.2 Å². The van der Waals surface area contributed by atoms with E-state index in [9.17, 15) is 10.1 Å². The summed E-state index contributed by atoms with van der Waals surface area (Å²) in [5, 5.41) is 12.3. The fourth-order valence-electron chi connectivity index (χ4n) is 3.04. The van der Waals surface area contributed by atoms with Crippen LogP contribution in [0.2, 0.25) is 0 Å². The van der Waals surface area contributed by atoms with Crippen molar-refractivity contribution in [1.29, 1.82) is 5.26 Å². The number of benzene rings is 3. The third-order valence-electron chi connectivity index (χ3n) is 4.56. The quantitative estimate of drug-likeness (QED) is 0.285. The number of nitrogens with zero attached hydrogens (tertiary/aromatic N) is 1. The van der Waals surface area contributed by atoms with Gasteiger partial charge in [0.25, 0.3) is 5.91 Å². The number of rotatable bonds is 9. The van der Waals surface area contributed by atoms with Gasteiger partial charge >= 0.3 is 0 Å². The average molecular weight is 507 g/mol. The molecule has 3 rings (SSSR count). The van der Waals surface area contributed by atoms with Crippen LogP contribution in [0.25, 0.3) is 6.08 Å². The molecule has 0 spiro atoms. The topological polar surface area (TPSA) is 80.6 Å². The minimum atomic E-state index is -0.523. The van der Waals surface area contributed by atoms with Crippen LogP contribution in [0.15, 0.2) is 76.8 Å². The lowest BCUT2D eigenvalue weighted by Gasteiger charge is -2.14. The molecule has 0 aliphatic rings. The molecule has 7 heteroatoms. The fourth-order valence-corrected chi connectivity index (χ4v) is 3.61. The zero-order valence-corrected chi connectivity index (χ0v) is 19.9. The molecule has 0 unspecified atom stereocenters. The molecule has 0 saturated carbocycles. The summed E-state index contributed by atoms with van der Waals surface area (Å²) in [6, 6.07) is 22.2. The molecule has 3 aromatic rings. The number of methoxy groups -OCH3 is 1. The van der Waals surface area contributed by atoms with Gasteiger partial charge < -0.3 is 19.5 Å². The van der Waals surface area contributed by atoms with Crippen molar-refractivity contribution < 1.29 is 19.0 Å². The Morgan fingerprint density at radius 2 is 1.88 bits per heavy atom. The normalized spacial score (nSPS) is 10.8. The average Bonchev–Trinajstić information content (AvgIpc) is 2.82. The van der Waals surface area contributed by atoms with Crippen LogP contribution in [-0.4, -0.2) is 19.6 Å². The van der Waals surface area contributed by atoms with Crippen LogP contribution >= 0.6 is 15.9 Å². The highest BCUT2D eigenvalue weighted by molar-refractivity contribution is 9.10. The lowest BCUT2D eigenvalue weighted by atomic mass is 10.1. The van der Waals surface area contributed by atoms with Gasteiger partial charge in [0.05, 0.1) is 18.2 Å². The third-order valence-corrected chi connectivity index (χ3v) is 5.15. The van der Waals surface area contributed by atoms with Crippen molar-refractivity contribution in [2.75, 3.05) is 19.0 Å². The number of amides is 1. The first kappa shape index (κ1) is 23.9. The molecule has 1 amide bonds. The summed E-state index contributed by atoms with van der Waals surface area (Å²) < 4.78 is 17.5. The van der Waals surface area contributed by atoms with Gasteiger partial charge in [0.15, 0.2) is 11.5 Å². The maximum absolute atomic E-state index is 12.7. The number of halogens is 1. The van der Waals surface area contributed by atoms with Gasteiger partial charge in [-0.2, -0.15) is 5.26 Å². The summed E-state index contributed by atoms with van der Waals surface area (Å²) >= 11 is 3.51. The van der Waals surface area contributed by atoms with E-state index in [1.54, 1.807) is 36.4 Å². The van der Waals surface area contributed by atoms with E-state index in [2.05, 4.69) is 21.2 Å². The first-order valence-electron chi connectivity index (χ1n) is 10.2. The van der Waals surface area contributed by atoms with Crippen LogP contribution in [0.1, 0.15) is 18.1 Å². The van der Waals surface area contributed by atoms with Gasteiger partial charge in [-0.15, -0.1) is 0 Å². The predicted octanol–water partition coefficient (Wildman–Crippen LogP) is 5.98. The van der Waals surface area contributed by atoms with Crippen LogP contribution in [0.5, 0.6) is 17.2 Å². The third kappa shape index (κ3) is 6.61. The summed E-state index contributed by atoms with van der Waals surface area (Å²) in [5.41, 5.74) is 2.12. The smallest absolute Gasteiger partial charge is 0.266 e. The van der Waals surface area contributed by atoms with Crippen LogP contribution in [-0.2, 0) is 11.4 Å². The standard InChI is InChI=1S/C26H23BrN2O4/c1-3-32-22-11-7-10-21(15-22)29-26(30)20(16-28)12-19-13-23(27)25(24(14-19)31-2)33-17-18-8-5-4-6-9-18/h4-15H,3,17H2,1-2H3,(H,29,30)/b20-12+. The van der Waals surface area contributed by atoms with Crippen LogP contribution < -0.4 is 19.5 Å². The molecular weight excluding hydrogens is 484 g/mol. The van der Waals surface area contributed by atoms with Gasteiger partial charge in [0, 0.05) is 11.8 Å². The van der Waals surface area contributed by atoms with Gasteiger partial charge in [-0.1, -0.05) is 36.4 Å². The molecule has 3 aromatic carbocycles. The second kappa shape index (κ2) is 11.7. The van der Waals surface area contributed by atoms with E-state index in [4.69, 9.17) is 14.2 Å². The highest BCUT2D eigenvalue weighted by atomic mass is 79.9. The van der Waals surface area contributed by atoms with Crippen molar-refractivity contribution in [3.05, 3.63) is 87.9 Å². The highest BCUT2D eigenvalue weighted by Gasteiger charge is 2.14. The first-order valence-corrected chi connectivity index (χ1v) is 11.0. The van der Waals surface area contributed by atoms with E-state index in [-0.39, 0.29) is 5.57 Å². The zero-order chi connectivity index (χ0) is 23.6. The van der Waals surface area contributed by atoms with Crippen molar-refractivity contribution in [3.8, 4) is 23.3 Å². The molecule has 0 saturated heterocycles. The lowest BCUT2D eigenvalue weighted by Crippen LogP contribution is -2.13. The molecule has 1 N–H and O–H groups in total. The van der Waals surface area contributed by atoms with Crippen LogP contribution in [0, 0.1) is 11.3 Å². The van der Waals surface area contributed by atoms with Crippen LogP contribution in [0.4, 0.5) is 5.69 Å². The number of hydrogen-bond acceptors (Lipinski definition) is 5. The molecule has 6 nitrogen and oxygen atoms in total. The molecule has 33 heavy (non-hydrogen) atoms. The Bertz CT molecular complexity index is 1190. The monoisotopic (exact) mass is 506 g/mol. The van der Waals surface area contributed by atoms with Crippen molar-refractivity contribution in [3.63, 3.8) is 0 Å². The lowest BCUT2D eigenvalue weighted by molar-refractivity contribution is -0.112. The number of anilines is 1. The Hall–Kier alpha value is -3.76. The molecule has 168 valence electrons. The van der Waals surface area contributed by atoms with Gasteiger partial charge in [-0.05, 0) is 64.3 Å². The molecular formula is C26H23BrN2O4. The van der Waals surface area contributed by atoms with Crippen molar-refractivity contribution >= 4 is 33.6 Å². The van der Waals surface area contributed by atoms with Crippen molar-refractivity contribution in [2.24, 2.45) is 0 Å². The molecule has 0 bridgehead atoms. The molecule has 0 aromatic heterocycles. The summed E-state index contributed by atoms with van der Waals surface area (Å²) in [5.74, 6) is 1.13. The largest absolute Gasteiger partial charge is 0.494 e. The molecule has 0 atom stereocenters. The first-order chi connectivity index (χ1) is 16.0. The molecule has 0 aliphatic carbocycles. The summed E-state index contributed by atoms with van der Waals surface area (Å²) in [6.45, 7) is 2.77. The highest BCUT2D eigenvalue weighted by Crippen LogP contribution is 2.37. The molecule has 0 radical (unpaired) electrons. The number of nitrogens with one attached hydrogen (secondary N) is 1. The SMILES string of the molecule is CCOc1cccc(NC(=O)/C(C#N)=C/c2cc(Br)c(OCc3ccccc3)c(OC)c2)c1. The predicted molar refractivity (Wildman–Crippen MR) is 131 cm³/mol. The molecule has 0 aliphatic heterocycles. The molecule has 0 fully saturated rings. The van der Waals surface area contributed by atoms with Gasteiger partial charge in [0.2, 0.25) is 0 Å². The minimum Gasteiger partial charge on any atom is -0.494 e. The van der Waals surface area contributed by atoms with Crippen molar-refractivity contribution in [1.82, 2.24) is 0 Å². The second-order valence-corrected chi connectivity index (χ2v) is 7.75. The maximum Gasteiger partial charge on any atom is 0.266 e. The van der Waals surface area contributed by atoms with E-state index >= 15 is 0 Å². The minimum absolute atomic E-state index is 0.0521. The second-order valence-electron chi connectivity index (χ2n) is 6.89. The summed E-state index contributed by atoms with van der Waals surface area (Å²) in [6.07, 6.45) is 1.50. The number of hydrogen-bond donors (Lipinski definition) is 1. The Balaban J connectivity index is 1.80. The van der Waals surface area contributed by atoms with Gasteiger partial charge in [0.1, 0.15) is 24.0 Å². The fraction of sp³-hybridized carbons (Fsp3) is 0.154. The zero-order valence-electron chi connectivity index (χ0n) is 18.3. The Morgan fingerprint density at radius 3 is 2.58 bits per heavy atom. The summed E-state index contributed by atoms with van der Waals surface area (Å²) in [4.78, 5) is 12.7. The van der Waals surface area contributed by atoms with E-state index in [1.165, 1.54) is 13.2 Å². The Kier molecular flexibility index (Phi) is 8.50.